The monoisotopic (exact) mass is 657 g/mol. The minimum atomic E-state index is -0.833. The average molecular weight is 658 g/mol. The van der Waals surface area contributed by atoms with E-state index < -0.39 is 5.41 Å². The van der Waals surface area contributed by atoms with Crippen LogP contribution in [0.4, 0.5) is 0 Å². The summed E-state index contributed by atoms with van der Waals surface area (Å²) in [4.78, 5) is 25.0. The predicted octanol–water partition coefficient (Wildman–Crippen LogP) is 4.33. The highest BCUT2D eigenvalue weighted by atomic mass is 16.5. The number of hydrogen-bond donors (Lipinski definition) is 2. The van der Waals surface area contributed by atoms with Crippen molar-refractivity contribution >= 4 is 5.91 Å². The Labute approximate surface area is 287 Å². The molecule has 2 aliphatic rings. The van der Waals surface area contributed by atoms with E-state index in [-0.39, 0.29) is 18.4 Å². The van der Waals surface area contributed by atoms with Crippen molar-refractivity contribution in [2.45, 2.75) is 56.5 Å². The van der Waals surface area contributed by atoms with Crippen LogP contribution in [0.5, 0.6) is 5.75 Å². The molecular formula is C39H55N5O4. The van der Waals surface area contributed by atoms with Gasteiger partial charge in [0, 0.05) is 56.8 Å². The van der Waals surface area contributed by atoms with Crippen molar-refractivity contribution in [3.8, 4) is 5.75 Å². The standard InChI is InChI=1S/C39H55N5O4/c1-47-37-15-19-41-29-32(37)30-43-22-17-36(18-23-43)44(24-26-45)25-28-48-27-10-4-9-20-42-21-16-35(31-42)39(38(40)46,33-11-5-2-6-12-33)34-13-7-3-8-14-34/h2-3,5-8,11-15,19,29,35-36,45H,4,9-10,16-18,20-28,30-31H2,1H3,(H2,40,46)/t35-/m1/s1. The lowest BCUT2D eigenvalue weighted by Crippen LogP contribution is -2.49. The second kappa shape index (κ2) is 18.4. The minimum Gasteiger partial charge on any atom is -0.496 e. The highest BCUT2D eigenvalue weighted by molar-refractivity contribution is 5.91. The third-order valence-corrected chi connectivity index (χ3v) is 10.5. The molecule has 2 saturated heterocycles. The molecule has 3 aromatic rings. The molecule has 2 fully saturated rings. The van der Waals surface area contributed by atoms with E-state index in [9.17, 15) is 9.90 Å². The number of primary amides is 1. The zero-order chi connectivity index (χ0) is 33.6. The molecule has 260 valence electrons. The first-order valence-electron chi connectivity index (χ1n) is 17.8. The fourth-order valence-corrected chi connectivity index (χ4v) is 7.94. The number of carbonyl (C=O) groups is 1. The van der Waals surface area contributed by atoms with Crippen LogP contribution in [-0.4, -0.2) is 109 Å². The Hall–Kier alpha value is -3.34. The summed E-state index contributed by atoms with van der Waals surface area (Å²) in [5, 5.41) is 9.72. The smallest absolute Gasteiger partial charge is 0.232 e. The van der Waals surface area contributed by atoms with Crippen molar-refractivity contribution in [3.05, 3.63) is 95.8 Å². The molecule has 0 spiro atoms. The van der Waals surface area contributed by atoms with Gasteiger partial charge in [-0.05, 0) is 87.8 Å². The van der Waals surface area contributed by atoms with E-state index in [1.54, 1.807) is 13.3 Å². The van der Waals surface area contributed by atoms with Gasteiger partial charge in [0.2, 0.25) is 5.91 Å². The molecule has 5 rings (SSSR count). The minimum absolute atomic E-state index is 0.127. The summed E-state index contributed by atoms with van der Waals surface area (Å²) in [7, 11) is 1.71. The Balaban J connectivity index is 1.00. The fourth-order valence-electron chi connectivity index (χ4n) is 7.94. The summed E-state index contributed by atoms with van der Waals surface area (Å²) in [6.07, 6.45) is 10.0. The van der Waals surface area contributed by atoms with E-state index >= 15 is 0 Å². The quantitative estimate of drug-likeness (QED) is 0.184. The molecule has 1 aromatic heterocycles. The van der Waals surface area contributed by atoms with E-state index in [1.165, 1.54) is 0 Å². The number of aliphatic hydroxyl groups is 1. The summed E-state index contributed by atoms with van der Waals surface area (Å²) in [5.74, 6) is 0.750. The Bertz CT molecular complexity index is 1330. The summed E-state index contributed by atoms with van der Waals surface area (Å²) in [6, 6.07) is 22.6. The van der Waals surface area contributed by atoms with Crippen LogP contribution in [0.2, 0.25) is 0 Å². The molecule has 2 aliphatic heterocycles. The second-order valence-corrected chi connectivity index (χ2v) is 13.3. The highest BCUT2D eigenvalue weighted by Gasteiger charge is 2.49. The summed E-state index contributed by atoms with van der Waals surface area (Å²) in [6.45, 7) is 8.90. The number of rotatable bonds is 19. The number of pyridine rings is 1. The largest absolute Gasteiger partial charge is 0.496 e. The number of nitrogens with zero attached hydrogens (tertiary/aromatic N) is 4. The number of unbranched alkanes of at least 4 members (excludes halogenated alkanes) is 2. The van der Waals surface area contributed by atoms with Gasteiger partial charge in [0.15, 0.2) is 0 Å². The molecule has 0 radical (unpaired) electrons. The molecule has 1 amide bonds. The molecule has 0 bridgehead atoms. The summed E-state index contributed by atoms with van der Waals surface area (Å²) < 4.78 is 11.6. The number of aromatic nitrogens is 1. The Morgan fingerprint density at radius 1 is 0.917 bits per heavy atom. The van der Waals surface area contributed by atoms with Gasteiger partial charge in [-0.2, -0.15) is 0 Å². The number of likely N-dealkylation sites (tertiary alicyclic amines) is 2. The van der Waals surface area contributed by atoms with Crippen molar-refractivity contribution in [1.29, 1.82) is 0 Å². The van der Waals surface area contributed by atoms with Gasteiger partial charge in [0.05, 0.1) is 20.3 Å². The predicted molar refractivity (Wildman–Crippen MR) is 190 cm³/mol. The van der Waals surface area contributed by atoms with Crippen molar-refractivity contribution < 1.29 is 19.4 Å². The fraction of sp³-hybridized carbons (Fsp3) is 0.538. The van der Waals surface area contributed by atoms with Crippen LogP contribution in [0.25, 0.3) is 0 Å². The number of hydrogen-bond acceptors (Lipinski definition) is 8. The summed E-state index contributed by atoms with van der Waals surface area (Å²) >= 11 is 0. The third-order valence-electron chi connectivity index (χ3n) is 10.5. The molecule has 9 nitrogen and oxygen atoms in total. The highest BCUT2D eigenvalue weighted by Crippen LogP contribution is 2.43. The maximum atomic E-state index is 13.3. The number of carbonyl (C=O) groups excluding carboxylic acids is 1. The Morgan fingerprint density at radius 3 is 2.25 bits per heavy atom. The van der Waals surface area contributed by atoms with Crippen molar-refractivity contribution in [2.75, 3.05) is 72.7 Å². The average Bonchev–Trinajstić information content (AvgIpc) is 3.59. The Kier molecular flexibility index (Phi) is 13.8. The van der Waals surface area contributed by atoms with Gasteiger partial charge in [-0.3, -0.25) is 19.6 Å². The molecule has 48 heavy (non-hydrogen) atoms. The molecule has 0 saturated carbocycles. The van der Waals surface area contributed by atoms with E-state index in [1.807, 2.05) is 48.7 Å². The first-order chi connectivity index (χ1) is 23.6. The van der Waals surface area contributed by atoms with Gasteiger partial charge in [-0.25, -0.2) is 0 Å². The van der Waals surface area contributed by atoms with Gasteiger partial charge in [0.1, 0.15) is 11.2 Å². The molecule has 1 atom stereocenters. The van der Waals surface area contributed by atoms with Crippen LogP contribution in [-0.2, 0) is 21.5 Å². The van der Waals surface area contributed by atoms with Crippen LogP contribution in [0.3, 0.4) is 0 Å². The first kappa shape index (κ1) is 36.0. The van der Waals surface area contributed by atoms with E-state index in [0.717, 1.165) is 113 Å². The lowest BCUT2D eigenvalue weighted by atomic mass is 9.64. The molecule has 9 heteroatoms. The van der Waals surface area contributed by atoms with Crippen molar-refractivity contribution in [1.82, 2.24) is 19.7 Å². The molecular weight excluding hydrogens is 602 g/mol. The van der Waals surface area contributed by atoms with Crippen molar-refractivity contribution in [2.24, 2.45) is 11.7 Å². The zero-order valence-electron chi connectivity index (χ0n) is 28.7. The molecule has 2 aromatic carbocycles. The lowest BCUT2D eigenvalue weighted by Gasteiger charge is -2.38. The van der Waals surface area contributed by atoms with Crippen LogP contribution < -0.4 is 10.5 Å². The normalized spacial score (nSPS) is 18.0. The number of nitrogens with two attached hydrogens (primary N) is 1. The van der Waals surface area contributed by atoms with Gasteiger partial charge in [-0.1, -0.05) is 60.7 Å². The first-order valence-corrected chi connectivity index (χ1v) is 17.8. The molecule has 0 unspecified atom stereocenters. The second-order valence-electron chi connectivity index (χ2n) is 13.3. The van der Waals surface area contributed by atoms with Crippen molar-refractivity contribution in [3.63, 3.8) is 0 Å². The summed E-state index contributed by atoms with van der Waals surface area (Å²) in [5.41, 5.74) is 8.52. The van der Waals surface area contributed by atoms with Crippen LogP contribution in [0.1, 0.15) is 55.2 Å². The van der Waals surface area contributed by atoms with Gasteiger partial charge >= 0.3 is 0 Å². The van der Waals surface area contributed by atoms with E-state index in [4.69, 9.17) is 15.2 Å². The van der Waals surface area contributed by atoms with Crippen LogP contribution >= 0.6 is 0 Å². The SMILES string of the molecule is COc1ccncc1CN1CCC(N(CCO)CCOCCCCCN2CC[C@@H](C(C(N)=O)(c3ccccc3)c3ccccc3)C2)CC1. The number of methoxy groups -OCH3 is 1. The van der Waals surface area contributed by atoms with Crippen LogP contribution in [0.15, 0.2) is 79.1 Å². The number of benzene rings is 2. The van der Waals surface area contributed by atoms with Gasteiger partial charge in [-0.15, -0.1) is 0 Å². The zero-order valence-corrected chi connectivity index (χ0v) is 28.7. The maximum absolute atomic E-state index is 13.3. The molecule has 3 N–H and O–H groups in total. The van der Waals surface area contributed by atoms with Gasteiger partial charge < -0.3 is 25.2 Å². The van der Waals surface area contributed by atoms with Crippen LogP contribution in [0, 0.1) is 5.92 Å². The number of piperidine rings is 1. The number of ether oxygens (including phenoxy) is 2. The number of aliphatic hydroxyl groups excluding tert-OH is 1. The molecule has 0 aliphatic carbocycles. The topological polar surface area (TPSA) is 104 Å². The maximum Gasteiger partial charge on any atom is 0.232 e. The Morgan fingerprint density at radius 2 is 1.60 bits per heavy atom. The van der Waals surface area contributed by atoms with E-state index in [0.29, 0.717) is 19.2 Å². The van der Waals surface area contributed by atoms with Gasteiger partial charge in [0.25, 0.3) is 0 Å². The third kappa shape index (κ3) is 9.01. The molecule has 3 heterocycles. The lowest BCUT2D eigenvalue weighted by molar-refractivity contribution is -0.123. The number of amides is 1. The van der Waals surface area contributed by atoms with E-state index in [2.05, 4.69) is 43.9 Å².